The van der Waals surface area contributed by atoms with Crippen LogP contribution in [0.3, 0.4) is 0 Å². The van der Waals surface area contributed by atoms with E-state index in [2.05, 4.69) is 17.2 Å². The van der Waals surface area contributed by atoms with E-state index in [1.165, 1.54) is 11.1 Å². The summed E-state index contributed by atoms with van der Waals surface area (Å²) in [5.41, 5.74) is 2.36. The fraction of sp³-hybridized carbons (Fsp3) is 0.471. The molecule has 0 aliphatic carbocycles. The molecule has 0 heterocycles. The lowest BCUT2D eigenvalue weighted by Gasteiger charge is -2.05. The number of carboxylic acids is 1. The number of allylic oxidation sites excluding steroid dienone is 1. The molecule has 7 nitrogen and oxygen atoms in total. The highest BCUT2D eigenvalue weighted by molar-refractivity contribution is 5.78. The van der Waals surface area contributed by atoms with E-state index in [4.69, 9.17) is 5.11 Å². The van der Waals surface area contributed by atoms with E-state index in [1.807, 2.05) is 60.7 Å². The predicted octanol–water partition coefficient (Wildman–Crippen LogP) is 6.21. The first kappa shape index (κ1) is 35.3. The summed E-state index contributed by atoms with van der Waals surface area (Å²) in [6.45, 7) is 4.95. The third-order valence-corrected chi connectivity index (χ3v) is 6.44. The van der Waals surface area contributed by atoms with Crippen molar-refractivity contribution in [1.29, 1.82) is 0 Å². The zero-order valence-electron chi connectivity index (χ0n) is 24.5. The van der Waals surface area contributed by atoms with Crippen molar-refractivity contribution in [2.24, 2.45) is 0 Å². The number of benzene rings is 2. The minimum atomic E-state index is -0.758. The number of hydrogen-bond donors (Lipinski definition) is 3. The minimum Gasteiger partial charge on any atom is -0.481 e. The summed E-state index contributed by atoms with van der Waals surface area (Å²) >= 11 is 0. The van der Waals surface area contributed by atoms with Crippen molar-refractivity contribution in [1.82, 2.24) is 10.6 Å². The lowest BCUT2D eigenvalue weighted by atomic mass is 10.1. The molecule has 0 unspecified atom stereocenters. The molecule has 7 heteroatoms. The van der Waals surface area contributed by atoms with Gasteiger partial charge in [0.25, 0.3) is 0 Å². The molecule has 224 valence electrons. The van der Waals surface area contributed by atoms with Crippen LogP contribution in [0.15, 0.2) is 73.3 Å². The summed E-state index contributed by atoms with van der Waals surface area (Å²) in [6, 6.07) is 20.0. The number of aliphatic carboxylic acids is 1. The molecule has 41 heavy (non-hydrogen) atoms. The van der Waals surface area contributed by atoms with Gasteiger partial charge >= 0.3 is 5.97 Å². The number of ketones is 1. The van der Waals surface area contributed by atoms with Crippen LogP contribution in [0.5, 0.6) is 0 Å². The van der Waals surface area contributed by atoms with Crippen molar-refractivity contribution in [3.8, 4) is 0 Å². The first-order valence-electron chi connectivity index (χ1n) is 14.9. The van der Waals surface area contributed by atoms with Gasteiger partial charge in [0.2, 0.25) is 11.8 Å². The molecule has 0 saturated carbocycles. The second-order valence-corrected chi connectivity index (χ2v) is 10.1. The monoisotopic (exact) mass is 564 g/mol. The van der Waals surface area contributed by atoms with E-state index < -0.39 is 5.97 Å². The molecule has 0 fully saturated rings. The second-order valence-electron chi connectivity index (χ2n) is 10.1. The average Bonchev–Trinajstić information content (AvgIpc) is 2.98. The number of unbranched alkanes of at least 4 members (excludes halogenated alkanes) is 4. The van der Waals surface area contributed by atoms with Gasteiger partial charge < -0.3 is 15.7 Å². The molecular weight excluding hydrogens is 516 g/mol. The summed E-state index contributed by atoms with van der Waals surface area (Å²) in [6.07, 6.45) is 11.8. The van der Waals surface area contributed by atoms with Crippen LogP contribution in [-0.2, 0) is 32.0 Å². The van der Waals surface area contributed by atoms with E-state index in [9.17, 15) is 19.2 Å². The van der Waals surface area contributed by atoms with Gasteiger partial charge in [0, 0.05) is 45.2 Å². The third kappa shape index (κ3) is 21.7. The number of Topliss-reactive ketones (excluding diaryl/α,β-unsaturated/α-hetero) is 1. The first-order valence-corrected chi connectivity index (χ1v) is 14.9. The highest BCUT2D eigenvalue weighted by Gasteiger charge is 2.04. The number of carbonyl (C=O) groups excluding carboxylic acids is 3. The Hall–Kier alpha value is -3.74. The lowest BCUT2D eigenvalue weighted by Crippen LogP contribution is -2.24. The maximum Gasteiger partial charge on any atom is 0.303 e. The van der Waals surface area contributed by atoms with Gasteiger partial charge in [-0.1, -0.05) is 79.6 Å². The SMILES string of the molecule is C=CCCC(=O)CCCCCNC(=O)CCc1ccccc1.O=C(O)CCCCCNC(=O)CCc1ccccc1. The van der Waals surface area contributed by atoms with Crippen LogP contribution >= 0.6 is 0 Å². The summed E-state index contributed by atoms with van der Waals surface area (Å²) in [5, 5.41) is 14.3. The predicted molar refractivity (Wildman–Crippen MR) is 165 cm³/mol. The number of nitrogens with one attached hydrogen (secondary N) is 2. The number of aryl methyl sites for hydroxylation is 2. The van der Waals surface area contributed by atoms with Gasteiger partial charge in [-0.25, -0.2) is 0 Å². The molecule has 2 rings (SSSR count). The molecule has 3 N–H and O–H groups in total. The molecule has 0 saturated heterocycles. The largest absolute Gasteiger partial charge is 0.481 e. The molecule has 0 aliphatic rings. The maximum atomic E-state index is 11.7. The van der Waals surface area contributed by atoms with E-state index in [0.29, 0.717) is 51.0 Å². The number of rotatable bonds is 21. The van der Waals surface area contributed by atoms with Crippen LogP contribution in [0, 0.1) is 0 Å². The van der Waals surface area contributed by atoms with Crippen LogP contribution in [0.4, 0.5) is 0 Å². The van der Waals surface area contributed by atoms with Crippen molar-refractivity contribution < 1.29 is 24.3 Å². The van der Waals surface area contributed by atoms with E-state index in [1.54, 1.807) is 6.08 Å². The van der Waals surface area contributed by atoms with Crippen molar-refractivity contribution in [3.05, 3.63) is 84.4 Å². The van der Waals surface area contributed by atoms with Gasteiger partial charge in [0.05, 0.1) is 0 Å². The van der Waals surface area contributed by atoms with Gasteiger partial charge in [-0.2, -0.15) is 0 Å². The molecule has 0 bridgehead atoms. The zero-order chi connectivity index (χ0) is 30.0. The number of carbonyl (C=O) groups is 4. The van der Waals surface area contributed by atoms with Crippen molar-refractivity contribution in [2.75, 3.05) is 13.1 Å². The second kappa shape index (κ2) is 24.1. The summed E-state index contributed by atoms with van der Waals surface area (Å²) in [5.74, 6) is -0.285. The molecule has 0 aliphatic heterocycles. The molecule has 2 aromatic rings. The molecule has 0 aromatic heterocycles. The first-order chi connectivity index (χ1) is 19.9. The van der Waals surface area contributed by atoms with E-state index in [-0.39, 0.29) is 18.2 Å². The maximum absolute atomic E-state index is 11.7. The van der Waals surface area contributed by atoms with Crippen molar-refractivity contribution >= 4 is 23.6 Å². The van der Waals surface area contributed by atoms with Crippen molar-refractivity contribution in [3.63, 3.8) is 0 Å². The molecule has 2 aromatic carbocycles. The Morgan fingerprint density at radius 2 is 1.07 bits per heavy atom. The van der Waals surface area contributed by atoms with E-state index >= 15 is 0 Å². The average molecular weight is 565 g/mol. The summed E-state index contributed by atoms with van der Waals surface area (Å²) < 4.78 is 0. The lowest BCUT2D eigenvalue weighted by molar-refractivity contribution is -0.137. The van der Waals surface area contributed by atoms with Crippen LogP contribution in [-0.4, -0.2) is 41.8 Å². The topological polar surface area (TPSA) is 113 Å². The highest BCUT2D eigenvalue weighted by atomic mass is 16.4. The molecule has 0 spiro atoms. The van der Waals surface area contributed by atoms with Gasteiger partial charge in [-0.15, -0.1) is 6.58 Å². The highest BCUT2D eigenvalue weighted by Crippen LogP contribution is 2.05. The number of amides is 2. The Morgan fingerprint density at radius 1 is 0.610 bits per heavy atom. The number of hydrogen-bond acceptors (Lipinski definition) is 4. The summed E-state index contributed by atoms with van der Waals surface area (Å²) in [7, 11) is 0. The smallest absolute Gasteiger partial charge is 0.303 e. The molecule has 0 atom stereocenters. The van der Waals surface area contributed by atoms with Gasteiger partial charge in [0.15, 0.2) is 0 Å². The van der Waals surface area contributed by atoms with Crippen LogP contribution in [0.25, 0.3) is 0 Å². The number of carboxylic acid groups (broad SMARTS) is 1. The van der Waals surface area contributed by atoms with E-state index in [0.717, 1.165) is 51.4 Å². The Labute approximate surface area is 245 Å². The zero-order valence-corrected chi connectivity index (χ0v) is 24.5. The Bertz CT molecular complexity index is 1010. The fourth-order valence-corrected chi connectivity index (χ4v) is 4.03. The van der Waals surface area contributed by atoms with Crippen LogP contribution in [0.2, 0.25) is 0 Å². The molecular formula is C34H48N2O5. The summed E-state index contributed by atoms with van der Waals surface area (Å²) in [4.78, 5) is 45.0. The van der Waals surface area contributed by atoms with Gasteiger partial charge in [-0.05, 0) is 56.1 Å². The van der Waals surface area contributed by atoms with Gasteiger partial charge in [-0.3, -0.25) is 19.2 Å². The van der Waals surface area contributed by atoms with Crippen LogP contribution < -0.4 is 10.6 Å². The minimum absolute atomic E-state index is 0.0575. The molecule has 2 amide bonds. The normalized spacial score (nSPS) is 10.1. The fourth-order valence-electron chi connectivity index (χ4n) is 4.03. The van der Waals surface area contributed by atoms with Gasteiger partial charge in [0.1, 0.15) is 5.78 Å². The quantitative estimate of drug-likeness (QED) is 0.123. The Kier molecular flexibility index (Phi) is 20.7. The van der Waals surface area contributed by atoms with Crippen molar-refractivity contribution in [2.45, 2.75) is 89.9 Å². The molecule has 0 radical (unpaired) electrons. The Morgan fingerprint density at radius 3 is 1.51 bits per heavy atom. The third-order valence-electron chi connectivity index (χ3n) is 6.44. The Balaban J connectivity index is 0.000000414. The van der Waals surface area contributed by atoms with Crippen LogP contribution in [0.1, 0.15) is 88.2 Å². The standard InChI is InChI=1S/C19H27NO2.C15H21NO3/c1-2-3-12-18(21)13-8-5-9-16-20-19(22)15-14-17-10-6-4-7-11-17;17-14(11-10-13-7-3-1-4-8-13)16-12-6-2-5-9-15(18)19/h2,4,6-7,10-11H,1,3,5,8-9,12-16H2,(H,20,22);1,3-4,7-8H,2,5-6,9-12H2,(H,16,17)(H,18,19).